The van der Waals surface area contributed by atoms with Crippen LogP contribution in [0.2, 0.25) is 0 Å². The highest BCUT2D eigenvalue weighted by atomic mass is 32.2. The Labute approximate surface area is 163 Å². The van der Waals surface area contributed by atoms with Crippen molar-refractivity contribution in [2.75, 3.05) is 20.2 Å². The molecule has 146 valence electrons. The molecule has 1 aliphatic heterocycles. The minimum atomic E-state index is -3.74. The molecular formula is C20H20FN3O3S. The van der Waals surface area contributed by atoms with Crippen molar-refractivity contribution in [2.45, 2.75) is 23.7 Å². The van der Waals surface area contributed by atoms with E-state index in [4.69, 9.17) is 4.74 Å². The predicted molar refractivity (Wildman–Crippen MR) is 103 cm³/mol. The van der Waals surface area contributed by atoms with Gasteiger partial charge in [-0.25, -0.2) is 22.8 Å². The minimum absolute atomic E-state index is 0.0219. The number of fused-ring (bicyclic) bond motifs is 1. The lowest BCUT2D eigenvalue weighted by Gasteiger charge is -2.31. The Morgan fingerprint density at radius 3 is 2.64 bits per heavy atom. The number of hydrogen-bond donors (Lipinski definition) is 0. The van der Waals surface area contributed by atoms with Gasteiger partial charge in [0, 0.05) is 36.3 Å². The summed E-state index contributed by atoms with van der Waals surface area (Å²) >= 11 is 0. The van der Waals surface area contributed by atoms with Gasteiger partial charge in [0.2, 0.25) is 10.0 Å². The van der Waals surface area contributed by atoms with E-state index < -0.39 is 15.8 Å². The normalized spacial score (nSPS) is 16.4. The molecule has 4 rings (SSSR count). The highest BCUT2D eigenvalue weighted by Crippen LogP contribution is 2.31. The number of pyridine rings is 2. The summed E-state index contributed by atoms with van der Waals surface area (Å²) in [5.41, 5.74) is 1.63. The van der Waals surface area contributed by atoms with Crippen molar-refractivity contribution in [3.05, 3.63) is 60.2 Å². The average molecular weight is 401 g/mol. The van der Waals surface area contributed by atoms with Crippen LogP contribution in [-0.2, 0) is 10.0 Å². The maximum absolute atomic E-state index is 13.9. The molecule has 8 heteroatoms. The maximum atomic E-state index is 13.9. The summed E-state index contributed by atoms with van der Waals surface area (Å²) in [6, 6.07) is 11.5. The predicted octanol–water partition coefficient (Wildman–Crippen LogP) is 3.35. The van der Waals surface area contributed by atoms with Crippen LogP contribution in [0, 0.1) is 5.82 Å². The van der Waals surface area contributed by atoms with E-state index in [1.165, 1.54) is 23.5 Å². The molecule has 1 aromatic carbocycles. The van der Waals surface area contributed by atoms with Gasteiger partial charge in [0.25, 0.3) is 0 Å². The molecule has 28 heavy (non-hydrogen) atoms. The number of halogens is 1. The molecule has 0 spiro atoms. The van der Waals surface area contributed by atoms with Gasteiger partial charge in [0.05, 0.1) is 12.0 Å². The largest absolute Gasteiger partial charge is 0.494 e. The molecule has 0 bridgehead atoms. The molecule has 2 aromatic heterocycles. The highest BCUT2D eigenvalue weighted by Gasteiger charge is 2.31. The molecule has 0 N–H and O–H groups in total. The molecule has 1 aliphatic rings. The first-order chi connectivity index (χ1) is 13.5. The van der Waals surface area contributed by atoms with Crippen LogP contribution in [-0.4, -0.2) is 42.9 Å². The van der Waals surface area contributed by atoms with Gasteiger partial charge in [0.15, 0.2) is 17.2 Å². The van der Waals surface area contributed by atoms with Gasteiger partial charge in [-0.05, 0) is 55.3 Å². The second kappa shape index (κ2) is 7.44. The summed E-state index contributed by atoms with van der Waals surface area (Å²) in [6.07, 6.45) is 3.02. The number of ether oxygens (including phenoxy) is 1. The van der Waals surface area contributed by atoms with E-state index in [1.807, 2.05) is 24.3 Å². The molecule has 0 atom stereocenters. The van der Waals surface area contributed by atoms with Crippen molar-refractivity contribution in [1.29, 1.82) is 0 Å². The number of rotatable bonds is 4. The van der Waals surface area contributed by atoms with Crippen LogP contribution in [0.4, 0.5) is 4.39 Å². The van der Waals surface area contributed by atoms with Crippen molar-refractivity contribution < 1.29 is 17.5 Å². The van der Waals surface area contributed by atoms with Crippen LogP contribution in [0.15, 0.2) is 53.6 Å². The summed E-state index contributed by atoms with van der Waals surface area (Å²) in [6.45, 7) is 0.727. The zero-order valence-corrected chi connectivity index (χ0v) is 16.2. The first kappa shape index (κ1) is 18.8. The van der Waals surface area contributed by atoms with Crippen molar-refractivity contribution in [2.24, 2.45) is 0 Å². The first-order valence-corrected chi connectivity index (χ1v) is 10.5. The van der Waals surface area contributed by atoms with Gasteiger partial charge in [-0.3, -0.25) is 0 Å². The molecule has 0 aliphatic carbocycles. The zero-order chi connectivity index (χ0) is 19.7. The quantitative estimate of drug-likeness (QED) is 0.670. The fourth-order valence-electron chi connectivity index (χ4n) is 3.54. The van der Waals surface area contributed by atoms with E-state index in [0.29, 0.717) is 31.6 Å². The van der Waals surface area contributed by atoms with E-state index in [-0.39, 0.29) is 16.6 Å². The van der Waals surface area contributed by atoms with Crippen LogP contribution in [0.5, 0.6) is 5.75 Å². The van der Waals surface area contributed by atoms with E-state index in [2.05, 4.69) is 9.97 Å². The van der Waals surface area contributed by atoms with E-state index in [9.17, 15) is 12.8 Å². The second-order valence-corrected chi connectivity index (χ2v) is 8.70. The molecule has 0 amide bonds. The molecule has 3 aromatic rings. The third-order valence-corrected chi connectivity index (χ3v) is 7.01. The van der Waals surface area contributed by atoms with Gasteiger partial charge >= 0.3 is 0 Å². The smallest absolute Gasteiger partial charge is 0.243 e. The summed E-state index contributed by atoms with van der Waals surface area (Å²) in [4.78, 5) is 8.86. The Bertz CT molecular complexity index is 1110. The molecule has 6 nitrogen and oxygen atoms in total. The number of nitrogens with zero attached hydrogens (tertiary/aromatic N) is 3. The standard InChI is InChI=1S/C20H20FN3O3S/c1-27-19-7-5-16(13-17(19)21)28(25,26)24-11-8-14(9-12-24)18-6-4-15-3-2-10-22-20(15)23-18/h2-7,10,13-14H,8-9,11-12H2,1H3. The number of methoxy groups -OCH3 is 1. The monoisotopic (exact) mass is 401 g/mol. The topological polar surface area (TPSA) is 72.4 Å². The van der Waals surface area contributed by atoms with Gasteiger partial charge in [-0.1, -0.05) is 0 Å². The fraction of sp³-hybridized carbons (Fsp3) is 0.300. The van der Waals surface area contributed by atoms with Crippen LogP contribution in [0.3, 0.4) is 0 Å². The number of hydrogen-bond acceptors (Lipinski definition) is 5. The van der Waals surface area contributed by atoms with Crippen molar-refractivity contribution in [1.82, 2.24) is 14.3 Å². The third-order valence-electron chi connectivity index (χ3n) is 5.12. The first-order valence-electron chi connectivity index (χ1n) is 9.04. The Morgan fingerprint density at radius 1 is 1.14 bits per heavy atom. The van der Waals surface area contributed by atoms with Crippen molar-refractivity contribution in [3.63, 3.8) is 0 Å². The summed E-state index contributed by atoms with van der Waals surface area (Å²) in [5.74, 6) is -0.495. The number of benzene rings is 1. The van der Waals surface area contributed by atoms with Crippen LogP contribution in [0.25, 0.3) is 11.0 Å². The zero-order valence-electron chi connectivity index (χ0n) is 15.4. The summed E-state index contributed by atoms with van der Waals surface area (Å²) < 4.78 is 45.9. The lowest BCUT2D eigenvalue weighted by Crippen LogP contribution is -2.38. The average Bonchev–Trinajstić information content (AvgIpc) is 2.73. The van der Waals surface area contributed by atoms with Gasteiger partial charge < -0.3 is 4.74 Å². The van der Waals surface area contributed by atoms with E-state index in [0.717, 1.165) is 17.1 Å². The van der Waals surface area contributed by atoms with Gasteiger partial charge in [-0.15, -0.1) is 0 Å². The third kappa shape index (κ3) is 3.45. The lowest BCUT2D eigenvalue weighted by molar-refractivity contribution is 0.316. The minimum Gasteiger partial charge on any atom is -0.494 e. The maximum Gasteiger partial charge on any atom is 0.243 e. The number of piperidine rings is 1. The summed E-state index contributed by atoms with van der Waals surface area (Å²) in [5, 5.41) is 0.979. The van der Waals surface area contributed by atoms with E-state index in [1.54, 1.807) is 6.20 Å². The Hall–Kier alpha value is -2.58. The van der Waals surface area contributed by atoms with Crippen LogP contribution in [0.1, 0.15) is 24.5 Å². The number of aromatic nitrogens is 2. The SMILES string of the molecule is COc1ccc(S(=O)(=O)N2CCC(c3ccc4cccnc4n3)CC2)cc1F. The van der Waals surface area contributed by atoms with Crippen LogP contribution < -0.4 is 4.74 Å². The lowest BCUT2D eigenvalue weighted by atomic mass is 9.94. The second-order valence-electron chi connectivity index (χ2n) is 6.76. The van der Waals surface area contributed by atoms with Crippen molar-refractivity contribution >= 4 is 21.1 Å². The Morgan fingerprint density at radius 2 is 1.93 bits per heavy atom. The highest BCUT2D eigenvalue weighted by molar-refractivity contribution is 7.89. The van der Waals surface area contributed by atoms with E-state index >= 15 is 0 Å². The molecule has 3 heterocycles. The Balaban J connectivity index is 1.50. The summed E-state index contributed by atoms with van der Waals surface area (Å²) in [7, 11) is -2.40. The molecule has 0 unspecified atom stereocenters. The number of sulfonamides is 1. The fourth-order valence-corrected chi connectivity index (χ4v) is 5.03. The van der Waals surface area contributed by atoms with Crippen molar-refractivity contribution in [3.8, 4) is 5.75 Å². The van der Waals surface area contributed by atoms with Gasteiger partial charge in [0.1, 0.15) is 0 Å². The van der Waals surface area contributed by atoms with Crippen LogP contribution >= 0.6 is 0 Å². The molecule has 1 fully saturated rings. The molecule has 0 radical (unpaired) electrons. The molecule has 1 saturated heterocycles. The Kier molecular flexibility index (Phi) is 4.99. The molecule has 0 saturated carbocycles. The van der Waals surface area contributed by atoms with Gasteiger partial charge in [-0.2, -0.15) is 4.31 Å². The molecular weight excluding hydrogens is 381 g/mol.